The minimum Gasteiger partial charge on any atom is -0.491 e. The number of carbonyl (C=O) groups is 2. The van der Waals surface area contributed by atoms with Gasteiger partial charge in [-0.15, -0.1) is 0 Å². The molecule has 0 radical (unpaired) electrons. The first-order chi connectivity index (χ1) is 10.1. The van der Waals surface area contributed by atoms with Crippen molar-refractivity contribution in [1.82, 2.24) is 5.32 Å². The molecule has 0 aliphatic heterocycles. The highest BCUT2D eigenvalue weighted by Crippen LogP contribution is 2.27. The van der Waals surface area contributed by atoms with E-state index in [1.807, 2.05) is 0 Å². The zero-order valence-electron chi connectivity index (χ0n) is 11.8. The zero-order chi connectivity index (χ0) is 15.1. The van der Waals surface area contributed by atoms with Crippen LogP contribution in [0.1, 0.15) is 19.3 Å². The Labute approximate surface area is 123 Å². The lowest BCUT2D eigenvalue weighted by Crippen LogP contribution is -2.30. The molecule has 0 heterocycles. The molecular formula is C15H20N2O4. The van der Waals surface area contributed by atoms with Crippen molar-refractivity contribution < 1.29 is 19.1 Å². The number of benzene rings is 1. The predicted octanol–water partition coefficient (Wildman–Crippen LogP) is 1.11. The van der Waals surface area contributed by atoms with E-state index in [0.717, 1.165) is 0 Å². The number of amides is 1. The van der Waals surface area contributed by atoms with Gasteiger partial charge in [-0.1, -0.05) is 12.1 Å². The average molecular weight is 292 g/mol. The molecule has 6 nitrogen and oxygen atoms in total. The number of para-hydroxylation sites is 2. The first-order valence-corrected chi connectivity index (χ1v) is 7.05. The molecule has 1 aromatic carbocycles. The minimum absolute atomic E-state index is 0.0737. The lowest BCUT2D eigenvalue weighted by Gasteiger charge is -2.08. The molecule has 3 N–H and O–H groups in total. The lowest BCUT2D eigenvalue weighted by atomic mass is 10.3. The van der Waals surface area contributed by atoms with Crippen molar-refractivity contribution in [3.63, 3.8) is 0 Å². The third-order valence-electron chi connectivity index (χ3n) is 3.13. The van der Waals surface area contributed by atoms with Crippen LogP contribution < -0.4 is 15.8 Å². The molecule has 0 unspecified atom stereocenters. The number of ether oxygens (including phenoxy) is 2. The summed E-state index contributed by atoms with van der Waals surface area (Å²) in [6.45, 7) is 0.600. The molecule has 2 rings (SSSR count). The largest absolute Gasteiger partial charge is 0.491 e. The third-order valence-corrected chi connectivity index (χ3v) is 3.13. The van der Waals surface area contributed by atoms with Crippen molar-refractivity contribution in [2.75, 3.05) is 25.5 Å². The van der Waals surface area contributed by atoms with Gasteiger partial charge in [0.15, 0.2) is 6.61 Å². The number of nitrogens with two attached hydrogens (primary N) is 1. The van der Waals surface area contributed by atoms with Gasteiger partial charge in [0.25, 0.3) is 5.91 Å². The third kappa shape index (κ3) is 5.72. The van der Waals surface area contributed by atoms with Crippen LogP contribution in [-0.4, -0.2) is 31.6 Å². The Morgan fingerprint density at radius 1 is 1.29 bits per heavy atom. The highest BCUT2D eigenvalue weighted by Gasteiger charge is 2.21. The molecule has 114 valence electrons. The van der Waals surface area contributed by atoms with Gasteiger partial charge in [0.05, 0.1) is 18.7 Å². The van der Waals surface area contributed by atoms with Gasteiger partial charge in [0, 0.05) is 6.54 Å². The molecule has 1 saturated carbocycles. The first kappa shape index (κ1) is 15.2. The van der Waals surface area contributed by atoms with E-state index in [1.54, 1.807) is 24.3 Å². The van der Waals surface area contributed by atoms with E-state index in [2.05, 4.69) is 5.32 Å². The minimum atomic E-state index is -0.467. The van der Waals surface area contributed by atoms with Crippen molar-refractivity contribution in [2.24, 2.45) is 5.92 Å². The number of hydrogen-bond donors (Lipinski definition) is 2. The number of carbonyl (C=O) groups excluding carboxylic acids is 2. The fourth-order valence-electron chi connectivity index (χ4n) is 1.71. The first-order valence-electron chi connectivity index (χ1n) is 7.05. The second kappa shape index (κ2) is 7.52. The number of anilines is 1. The van der Waals surface area contributed by atoms with Gasteiger partial charge in [0.1, 0.15) is 5.75 Å². The Balaban J connectivity index is 1.56. The van der Waals surface area contributed by atoms with Crippen molar-refractivity contribution in [3.8, 4) is 5.75 Å². The van der Waals surface area contributed by atoms with Crippen LogP contribution in [0.25, 0.3) is 0 Å². The van der Waals surface area contributed by atoms with Crippen LogP contribution in [0.15, 0.2) is 24.3 Å². The van der Waals surface area contributed by atoms with E-state index in [-0.39, 0.29) is 25.5 Å². The molecule has 1 aromatic rings. The van der Waals surface area contributed by atoms with Crippen LogP contribution in [0, 0.1) is 5.92 Å². The van der Waals surface area contributed by atoms with Crippen LogP contribution in [0.3, 0.4) is 0 Å². The Bertz CT molecular complexity index is 500. The molecule has 1 aliphatic rings. The van der Waals surface area contributed by atoms with Crippen LogP contribution >= 0.6 is 0 Å². The topological polar surface area (TPSA) is 90.7 Å². The van der Waals surface area contributed by atoms with Crippen molar-refractivity contribution in [3.05, 3.63) is 24.3 Å². The molecule has 21 heavy (non-hydrogen) atoms. The standard InChI is InChI=1S/C15H20N2O4/c16-12-3-1-2-4-13(12)20-8-7-15(19)21-10-14(18)17-9-11-5-6-11/h1-4,11H,5-10,16H2,(H,17,18). The number of rotatable bonds is 8. The fourth-order valence-corrected chi connectivity index (χ4v) is 1.71. The molecule has 6 heteroatoms. The molecular weight excluding hydrogens is 272 g/mol. The molecule has 0 spiro atoms. The molecule has 1 fully saturated rings. The van der Waals surface area contributed by atoms with Gasteiger partial charge < -0.3 is 20.5 Å². The average Bonchev–Trinajstić information content (AvgIpc) is 3.29. The Hall–Kier alpha value is -2.24. The number of nitrogen functional groups attached to an aromatic ring is 1. The van der Waals surface area contributed by atoms with Crippen LogP contribution in [0.5, 0.6) is 5.75 Å². The lowest BCUT2D eigenvalue weighted by molar-refractivity contribution is -0.149. The molecule has 0 atom stereocenters. The molecule has 0 saturated heterocycles. The Morgan fingerprint density at radius 3 is 2.76 bits per heavy atom. The van der Waals surface area contributed by atoms with Gasteiger partial charge in [-0.25, -0.2) is 0 Å². The maximum Gasteiger partial charge on any atom is 0.309 e. The second-order valence-corrected chi connectivity index (χ2v) is 5.04. The quantitative estimate of drug-likeness (QED) is 0.553. The van der Waals surface area contributed by atoms with Crippen LogP contribution in [0.2, 0.25) is 0 Å². The Kier molecular flexibility index (Phi) is 5.43. The summed E-state index contributed by atoms with van der Waals surface area (Å²) in [7, 11) is 0. The maximum absolute atomic E-state index is 11.5. The van der Waals surface area contributed by atoms with E-state index in [9.17, 15) is 9.59 Å². The SMILES string of the molecule is Nc1ccccc1OCCC(=O)OCC(=O)NCC1CC1. The molecule has 0 aromatic heterocycles. The number of esters is 1. The summed E-state index contributed by atoms with van der Waals surface area (Å²) in [5, 5.41) is 2.73. The van der Waals surface area contributed by atoms with Gasteiger partial charge in [0.2, 0.25) is 0 Å². The molecule has 1 aliphatic carbocycles. The number of nitrogens with one attached hydrogen (secondary N) is 1. The van der Waals surface area contributed by atoms with Gasteiger partial charge >= 0.3 is 5.97 Å². The van der Waals surface area contributed by atoms with Crippen molar-refractivity contribution in [2.45, 2.75) is 19.3 Å². The summed E-state index contributed by atoms with van der Waals surface area (Å²) < 4.78 is 10.2. The normalized spacial score (nSPS) is 13.5. The molecule has 0 bridgehead atoms. The molecule has 1 amide bonds. The van der Waals surface area contributed by atoms with Gasteiger partial charge in [-0.3, -0.25) is 9.59 Å². The number of hydrogen-bond acceptors (Lipinski definition) is 5. The summed E-state index contributed by atoms with van der Waals surface area (Å²) in [4.78, 5) is 22.8. The highest BCUT2D eigenvalue weighted by molar-refractivity contribution is 5.80. The summed E-state index contributed by atoms with van der Waals surface area (Å²) in [5.74, 6) is 0.413. The zero-order valence-corrected chi connectivity index (χ0v) is 11.8. The van der Waals surface area contributed by atoms with E-state index in [1.165, 1.54) is 12.8 Å². The van der Waals surface area contributed by atoms with E-state index in [0.29, 0.717) is 23.9 Å². The van der Waals surface area contributed by atoms with Crippen LogP contribution in [-0.2, 0) is 14.3 Å². The van der Waals surface area contributed by atoms with Gasteiger partial charge in [-0.2, -0.15) is 0 Å². The van der Waals surface area contributed by atoms with E-state index >= 15 is 0 Å². The van der Waals surface area contributed by atoms with Crippen LogP contribution in [0.4, 0.5) is 5.69 Å². The predicted molar refractivity (Wildman–Crippen MR) is 77.7 cm³/mol. The van der Waals surface area contributed by atoms with E-state index in [4.69, 9.17) is 15.2 Å². The monoisotopic (exact) mass is 292 g/mol. The summed E-state index contributed by atoms with van der Waals surface area (Å²) in [6, 6.07) is 7.05. The second-order valence-electron chi connectivity index (χ2n) is 5.04. The smallest absolute Gasteiger partial charge is 0.309 e. The summed E-state index contributed by atoms with van der Waals surface area (Å²) in [6.07, 6.45) is 2.41. The maximum atomic E-state index is 11.5. The van der Waals surface area contributed by atoms with Crippen molar-refractivity contribution in [1.29, 1.82) is 0 Å². The van der Waals surface area contributed by atoms with Gasteiger partial charge in [-0.05, 0) is 30.9 Å². The van der Waals surface area contributed by atoms with E-state index < -0.39 is 5.97 Å². The fraction of sp³-hybridized carbons (Fsp3) is 0.467. The summed E-state index contributed by atoms with van der Waals surface area (Å²) in [5.41, 5.74) is 6.22. The van der Waals surface area contributed by atoms with Crippen molar-refractivity contribution >= 4 is 17.6 Å². The Morgan fingerprint density at radius 2 is 2.05 bits per heavy atom. The summed E-state index contributed by atoms with van der Waals surface area (Å²) >= 11 is 0. The highest BCUT2D eigenvalue weighted by atomic mass is 16.5.